The van der Waals surface area contributed by atoms with Crippen molar-refractivity contribution in [3.05, 3.63) is 29.8 Å². The Hall–Kier alpha value is -2.04. The maximum Gasteiger partial charge on any atom is 0.307 e. The number of methoxy groups -OCH3 is 1. The van der Waals surface area contributed by atoms with E-state index in [1.807, 2.05) is 0 Å². The monoisotopic (exact) mass is 249 g/mol. The summed E-state index contributed by atoms with van der Waals surface area (Å²) in [5.41, 5.74) is 0.709. The van der Waals surface area contributed by atoms with Crippen LogP contribution in [0.25, 0.3) is 0 Å². The number of ether oxygens (including phenoxy) is 1. The smallest absolute Gasteiger partial charge is 0.307 e. The molecule has 1 amide bonds. The van der Waals surface area contributed by atoms with Crippen molar-refractivity contribution in [3.8, 4) is 5.75 Å². The molecule has 0 bridgehead atoms. The Morgan fingerprint density at radius 1 is 1.39 bits per heavy atom. The van der Waals surface area contributed by atoms with Gasteiger partial charge < -0.3 is 15.2 Å². The van der Waals surface area contributed by atoms with Gasteiger partial charge in [-0.1, -0.05) is 12.1 Å². The van der Waals surface area contributed by atoms with Crippen LogP contribution in [0.5, 0.6) is 5.75 Å². The van der Waals surface area contributed by atoms with Gasteiger partial charge in [-0.3, -0.25) is 9.59 Å². The highest BCUT2D eigenvalue weighted by atomic mass is 16.5. The molecule has 2 N–H and O–H groups in total. The first-order valence-electron chi connectivity index (χ1n) is 5.78. The minimum absolute atomic E-state index is 0.223. The van der Waals surface area contributed by atoms with Gasteiger partial charge in [-0.2, -0.15) is 0 Å². The molecule has 2 rings (SSSR count). The topological polar surface area (TPSA) is 75.6 Å². The zero-order chi connectivity index (χ0) is 13.1. The standard InChI is InChI=1S/C13H15NO4/c1-18-9-4-2-8(3-5-9)11-10(13(16)17)6-7-14-12(11)15/h2-5,10-11H,6-7H2,1H3,(H,14,15)(H,16,17)/t10?,11-/m0/s1. The van der Waals surface area contributed by atoms with E-state index in [4.69, 9.17) is 4.74 Å². The van der Waals surface area contributed by atoms with Gasteiger partial charge in [0.05, 0.1) is 18.9 Å². The summed E-state index contributed by atoms with van der Waals surface area (Å²) in [4.78, 5) is 23.1. The molecule has 18 heavy (non-hydrogen) atoms. The lowest BCUT2D eigenvalue weighted by molar-refractivity contribution is -0.146. The van der Waals surface area contributed by atoms with Crippen LogP contribution in [-0.4, -0.2) is 30.6 Å². The average Bonchev–Trinajstić information content (AvgIpc) is 2.38. The molecular formula is C13H15NO4. The molecule has 2 atom stereocenters. The number of nitrogens with one attached hydrogen (secondary N) is 1. The van der Waals surface area contributed by atoms with Gasteiger partial charge in [0.15, 0.2) is 0 Å². The number of rotatable bonds is 3. The van der Waals surface area contributed by atoms with E-state index >= 15 is 0 Å². The van der Waals surface area contributed by atoms with Crippen molar-refractivity contribution in [2.45, 2.75) is 12.3 Å². The van der Waals surface area contributed by atoms with Crippen LogP contribution in [0.15, 0.2) is 24.3 Å². The highest BCUT2D eigenvalue weighted by molar-refractivity contribution is 5.90. The van der Waals surface area contributed by atoms with Crippen molar-refractivity contribution in [2.24, 2.45) is 5.92 Å². The summed E-state index contributed by atoms with van der Waals surface area (Å²) in [5.74, 6) is -1.75. The second kappa shape index (κ2) is 5.08. The Balaban J connectivity index is 2.31. The van der Waals surface area contributed by atoms with Gasteiger partial charge in [0.25, 0.3) is 0 Å². The summed E-state index contributed by atoms with van der Waals surface area (Å²) in [6, 6.07) is 6.95. The molecule has 0 aliphatic carbocycles. The third kappa shape index (κ3) is 2.30. The summed E-state index contributed by atoms with van der Waals surface area (Å²) in [6.07, 6.45) is 0.456. The molecule has 1 aromatic carbocycles. The molecule has 0 radical (unpaired) electrons. The third-order valence-electron chi connectivity index (χ3n) is 3.23. The van der Waals surface area contributed by atoms with Crippen molar-refractivity contribution in [1.29, 1.82) is 0 Å². The van der Waals surface area contributed by atoms with E-state index in [9.17, 15) is 14.7 Å². The molecule has 5 heteroatoms. The first-order chi connectivity index (χ1) is 8.63. The number of carboxylic acid groups (broad SMARTS) is 1. The normalized spacial score (nSPS) is 23.3. The Kier molecular flexibility index (Phi) is 3.50. The van der Waals surface area contributed by atoms with Crippen LogP contribution < -0.4 is 10.1 Å². The number of carbonyl (C=O) groups is 2. The number of carbonyl (C=O) groups excluding carboxylic acids is 1. The van der Waals surface area contributed by atoms with Crippen LogP contribution in [0.4, 0.5) is 0 Å². The summed E-state index contributed by atoms with van der Waals surface area (Å²) in [5, 5.41) is 11.9. The SMILES string of the molecule is COc1ccc([C@@H]2C(=O)NCCC2C(=O)O)cc1. The Labute approximate surface area is 105 Å². The van der Waals surface area contributed by atoms with Gasteiger partial charge in [-0.05, 0) is 24.1 Å². The number of piperidine rings is 1. The number of carboxylic acids is 1. The Morgan fingerprint density at radius 2 is 2.06 bits per heavy atom. The van der Waals surface area contributed by atoms with E-state index in [1.165, 1.54) is 0 Å². The van der Waals surface area contributed by atoms with Gasteiger partial charge in [-0.25, -0.2) is 0 Å². The molecule has 0 saturated carbocycles. The second-order valence-corrected chi connectivity index (χ2v) is 4.28. The van der Waals surface area contributed by atoms with E-state index < -0.39 is 17.8 Å². The minimum Gasteiger partial charge on any atom is -0.497 e. The fourth-order valence-electron chi connectivity index (χ4n) is 2.27. The zero-order valence-electron chi connectivity index (χ0n) is 10.1. The summed E-state index contributed by atoms with van der Waals surface area (Å²) in [6.45, 7) is 0.419. The molecule has 96 valence electrons. The fourth-order valence-corrected chi connectivity index (χ4v) is 2.27. The van der Waals surface area contributed by atoms with Gasteiger partial charge in [0, 0.05) is 6.54 Å². The molecule has 1 aliphatic rings. The molecule has 1 aromatic rings. The van der Waals surface area contributed by atoms with Crippen LogP contribution in [-0.2, 0) is 9.59 Å². The van der Waals surface area contributed by atoms with Crippen molar-refractivity contribution < 1.29 is 19.4 Å². The molecule has 1 fully saturated rings. The lowest BCUT2D eigenvalue weighted by atomic mass is 9.81. The molecule has 1 aliphatic heterocycles. The predicted octanol–water partition coefficient (Wildman–Crippen LogP) is 0.999. The zero-order valence-corrected chi connectivity index (χ0v) is 10.1. The van der Waals surface area contributed by atoms with Gasteiger partial charge in [0.2, 0.25) is 5.91 Å². The lowest BCUT2D eigenvalue weighted by Gasteiger charge is -2.28. The molecule has 1 saturated heterocycles. The van der Waals surface area contributed by atoms with Crippen LogP contribution in [0, 0.1) is 5.92 Å². The summed E-state index contributed by atoms with van der Waals surface area (Å²) < 4.78 is 5.04. The molecule has 5 nitrogen and oxygen atoms in total. The molecule has 0 aromatic heterocycles. The molecule has 1 unspecified atom stereocenters. The largest absolute Gasteiger partial charge is 0.497 e. The van der Waals surface area contributed by atoms with Crippen molar-refractivity contribution in [1.82, 2.24) is 5.32 Å². The number of benzene rings is 1. The van der Waals surface area contributed by atoms with Crippen LogP contribution in [0.2, 0.25) is 0 Å². The van der Waals surface area contributed by atoms with Gasteiger partial charge in [0.1, 0.15) is 5.75 Å². The van der Waals surface area contributed by atoms with E-state index in [1.54, 1.807) is 31.4 Å². The van der Waals surface area contributed by atoms with Crippen LogP contribution in [0.1, 0.15) is 17.9 Å². The second-order valence-electron chi connectivity index (χ2n) is 4.28. The van der Waals surface area contributed by atoms with Gasteiger partial charge in [-0.15, -0.1) is 0 Å². The van der Waals surface area contributed by atoms with Crippen LogP contribution >= 0.6 is 0 Å². The molecule has 1 heterocycles. The Bertz CT molecular complexity index is 455. The number of amides is 1. The van der Waals surface area contributed by atoms with E-state index in [0.717, 1.165) is 0 Å². The highest BCUT2D eigenvalue weighted by Crippen LogP contribution is 2.31. The van der Waals surface area contributed by atoms with Crippen molar-refractivity contribution in [2.75, 3.05) is 13.7 Å². The number of hydrogen-bond donors (Lipinski definition) is 2. The quantitative estimate of drug-likeness (QED) is 0.838. The van der Waals surface area contributed by atoms with E-state index in [0.29, 0.717) is 24.3 Å². The van der Waals surface area contributed by atoms with Crippen molar-refractivity contribution >= 4 is 11.9 Å². The highest BCUT2D eigenvalue weighted by Gasteiger charge is 2.37. The van der Waals surface area contributed by atoms with E-state index in [2.05, 4.69) is 5.32 Å². The lowest BCUT2D eigenvalue weighted by Crippen LogP contribution is -2.43. The third-order valence-corrected chi connectivity index (χ3v) is 3.23. The molecule has 0 spiro atoms. The minimum atomic E-state index is -0.925. The fraction of sp³-hybridized carbons (Fsp3) is 0.385. The first kappa shape index (κ1) is 12.4. The summed E-state index contributed by atoms with van der Waals surface area (Å²) in [7, 11) is 1.56. The maximum atomic E-state index is 11.9. The first-order valence-corrected chi connectivity index (χ1v) is 5.78. The average molecular weight is 249 g/mol. The number of aliphatic carboxylic acids is 1. The number of hydrogen-bond acceptors (Lipinski definition) is 3. The van der Waals surface area contributed by atoms with Crippen molar-refractivity contribution in [3.63, 3.8) is 0 Å². The maximum absolute atomic E-state index is 11.9. The predicted molar refractivity (Wildman–Crippen MR) is 64.5 cm³/mol. The molecular weight excluding hydrogens is 234 g/mol. The van der Waals surface area contributed by atoms with Crippen LogP contribution in [0.3, 0.4) is 0 Å². The van der Waals surface area contributed by atoms with E-state index in [-0.39, 0.29) is 5.91 Å². The van der Waals surface area contributed by atoms with Gasteiger partial charge >= 0.3 is 5.97 Å². The Morgan fingerprint density at radius 3 is 2.61 bits per heavy atom. The summed E-state index contributed by atoms with van der Waals surface area (Å²) >= 11 is 0.